The smallest absolute Gasteiger partial charge is 0.259 e. The molecule has 0 bridgehead atoms. The van der Waals surface area contributed by atoms with Gasteiger partial charge in [-0.25, -0.2) is 5.43 Å². The highest BCUT2D eigenvalue weighted by Crippen LogP contribution is 2.27. The van der Waals surface area contributed by atoms with Gasteiger partial charge in [0, 0.05) is 0 Å². The quantitative estimate of drug-likeness (QED) is 0.472. The summed E-state index contributed by atoms with van der Waals surface area (Å²) in [6.45, 7) is 4.60. The minimum Gasteiger partial charge on any atom is -0.496 e. The Hall–Kier alpha value is -3.55. The number of carbonyl (C=O) groups excluding carboxylic acids is 2. The van der Waals surface area contributed by atoms with Crippen LogP contribution in [-0.4, -0.2) is 44.9 Å². The third-order valence-corrected chi connectivity index (χ3v) is 3.73. The van der Waals surface area contributed by atoms with Crippen molar-refractivity contribution < 1.29 is 23.8 Å². The fourth-order valence-electron chi connectivity index (χ4n) is 2.45. The molecule has 2 N–H and O–H groups in total. The molecule has 0 unspecified atom stereocenters. The van der Waals surface area contributed by atoms with Gasteiger partial charge >= 0.3 is 0 Å². The molecule has 8 nitrogen and oxygen atoms in total. The number of hydrazone groups is 1. The summed E-state index contributed by atoms with van der Waals surface area (Å²) < 4.78 is 16.2. The summed E-state index contributed by atoms with van der Waals surface area (Å²) >= 11 is 0. The Morgan fingerprint density at radius 3 is 2.45 bits per heavy atom. The molecule has 0 heterocycles. The van der Waals surface area contributed by atoms with Crippen LogP contribution in [0.5, 0.6) is 17.2 Å². The number of rotatable bonds is 10. The van der Waals surface area contributed by atoms with Gasteiger partial charge in [0.1, 0.15) is 5.75 Å². The summed E-state index contributed by atoms with van der Waals surface area (Å²) in [4.78, 5) is 24.1. The van der Waals surface area contributed by atoms with Crippen LogP contribution in [0.3, 0.4) is 0 Å². The lowest BCUT2D eigenvalue weighted by Gasteiger charge is -2.11. The molecule has 0 aliphatic heterocycles. The van der Waals surface area contributed by atoms with Crippen LogP contribution in [0.2, 0.25) is 0 Å². The fraction of sp³-hybridized carbons (Fsp3) is 0.286. The van der Waals surface area contributed by atoms with Crippen molar-refractivity contribution in [3.05, 3.63) is 53.6 Å². The summed E-state index contributed by atoms with van der Waals surface area (Å²) in [5.74, 6) is 0.822. The lowest BCUT2D eigenvalue weighted by molar-refractivity contribution is -0.120. The normalized spacial score (nSPS) is 10.4. The van der Waals surface area contributed by atoms with E-state index < -0.39 is 11.8 Å². The number of nitrogens with zero attached hydrogens (tertiary/aromatic N) is 1. The van der Waals surface area contributed by atoms with Gasteiger partial charge in [0.15, 0.2) is 11.5 Å². The van der Waals surface area contributed by atoms with Crippen molar-refractivity contribution in [1.82, 2.24) is 10.7 Å². The predicted molar refractivity (Wildman–Crippen MR) is 110 cm³/mol. The highest BCUT2D eigenvalue weighted by molar-refractivity contribution is 5.98. The Morgan fingerprint density at radius 1 is 1.00 bits per heavy atom. The molecule has 0 aliphatic carbocycles. The Balaban J connectivity index is 1.89. The topological polar surface area (TPSA) is 98.2 Å². The molecular formula is C21H25N3O5. The molecule has 2 aromatic rings. The minimum atomic E-state index is -0.458. The average molecular weight is 399 g/mol. The first-order valence-electron chi connectivity index (χ1n) is 9.21. The summed E-state index contributed by atoms with van der Waals surface area (Å²) in [5, 5.41) is 6.43. The molecule has 2 rings (SSSR count). The molecule has 0 saturated heterocycles. The maximum absolute atomic E-state index is 12.2. The molecule has 0 aliphatic rings. The molecular weight excluding hydrogens is 374 g/mol. The molecule has 29 heavy (non-hydrogen) atoms. The van der Waals surface area contributed by atoms with E-state index in [0.29, 0.717) is 36.0 Å². The first kappa shape index (κ1) is 21.7. The van der Waals surface area contributed by atoms with Crippen LogP contribution in [-0.2, 0) is 4.79 Å². The predicted octanol–water partition coefficient (Wildman–Crippen LogP) is 2.37. The van der Waals surface area contributed by atoms with Crippen molar-refractivity contribution >= 4 is 18.0 Å². The van der Waals surface area contributed by atoms with Crippen LogP contribution < -0.4 is 25.0 Å². The highest BCUT2D eigenvalue weighted by atomic mass is 16.5. The van der Waals surface area contributed by atoms with E-state index >= 15 is 0 Å². The monoisotopic (exact) mass is 399 g/mol. The Bertz CT molecular complexity index is 867. The van der Waals surface area contributed by atoms with E-state index in [1.165, 1.54) is 13.3 Å². The molecule has 8 heteroatoms. The molecule has 2 amide bonds. The van der Waals surface area contributed by atoms with Gasteiger partial charge in [-0.1, -0.05) is 12.1 Å². The zero-order valence-corrected chi connectivity index (χ0v) is 16.7. The number of para-hydroxylation sites is 1. The van der Waals surface area contributed by atoms with E-state index in [1.807, 2.05) is 13.8 Å². The lowest BCUT2D eigenvalue weighted by atomic mass is 10.2. The summed E-state index contributed by atoms with van der Waals surface area (Å²) in [5.41, 5.74) is 3.45. The van der Waals surface area contributed by atoms with E-state index in [2.05, 4.69) is 15.8 Å². The van der Waals surface area contributed by atoms with Gasteiger partial charge in [-0.05, 0) is 49.7 Å². The molecule has 0 saturated carbocycles. The van der Waals surface area contributed by atoms with Crippen LogP contribution in [0.1, 0.15) is 29.8 Å². The zero-order valence-electron chi connectivity index (χ0n) is 16.7. The van der Waals surface area contributed by atoms with Gasteiger partial charge in [0.2, 0.25) is 0 Å². The van der Waals surface area contributed by atoms with Gasteiger partial charge < -0.3 is 19.5 Å². The average Bonchev–Trinajstić information content (AvgIpc) is 2.74. The third kappa shape index (κ3) is 6.53. The van der Waals surface area contributed by atoms with Crippen LogP contribution in [0.15, 0.2) is 47.6 Å². The number of methoxy groups -OCH3 is 1. The molecule has 2 aromatic carbocycles. The van der Waals surface area contributed by atoms with Crippen molar-refractivity contribution in [2.24, 2.45) is 5.10 Å². The van der Waals surface area contributed by atoms with Crippen molar-refractivity contribution in [3.63, 3.8) is 0 Å². The Labute approximate surface area is 169 Å². The van der Waals surface area contributed by atoms with Crippen molar-refractivity contribution in [1.29, 1.82) is 0 Å². The standard InChI is InChI=1S/C21H25N3O5/c1-4-28-18-11-10-15(12-19(18)29-5-2)13-23-24-20(25)14-22-21(26)16-8-6-7-9-17(16)27-3/h6-13H,4-5,14H2,1-3H3,(H,22,26)(H,24,25). The summed E-state index contributed by atoms with van der Waals surface area (Å²) in [6, 6.07) is 12.1. The van der Waals surface area contributed by atoms with Gasteiger partial charge in [0.25, 0.3) is 11.8 Å². The largest absolute Gasteiger partial charge is 0.496 e. The van der Waals surface area contributed by atoms with Crippen LogP contribution >= 0.6 is 0 Å². The molecule has 0 aromatic heterocycles. The van der Waals surface area contributed by atoms with Crippen molar-refractivity contribution in [2.75, 3.05) is 26.9 Å². The van der Waals surface area contributed by atoms with E-state index in [4.69, 9.17) is 14.2 Å². The molecule has 0 radical (unpaired) electrons. The fourth-order valence-corrected chi connectivity index (χ4v) is 2.45. The Morgan fingerprint density at radius 2 is 1.72 bits per heavy atom. The molecule has 0 atom stereocenters. The molecule has 0 fully saturated rings. The van der Waals surface area contributed by atoms with Crippen LogP contribution in [0.4, 0.5) is 0 Å². The summed E-state index contributed by atoms with van der Waals surface area (Å²) in [6.07, 6.45) is 1.48. The van der Waals surface area contributed by atoms with Gasteiger partial charge in [-0.2, -0.15) is 5.10 Å². The zero-order chi connectivity index (χ0) is 21.1. The van der Waals surface area contributed by atoms with Gasteiger partial charge in [-0.3, -0.25) is 9.59 Å². The van der Waals surface area contributed by atoms with E-state index in [-0.39, 0.29) is 6.54 Å². The first-order valence-corrected chi connectivity index (χ1v) is 9.21. The van der Waals surface area contributed by atoms with Gasteiger partial charge in [0.05, 0.1) is 38.6 Å². The number of ether oxygens (including phenoxy) is 3. The van der Waals surface area contributed by atoms with E-state index in [9.17, 15) is 9.59 Å². The first-order chi connectivity index (χ1) is 14.1. The van der Waals surface area contributed by atoms with Crippen molar-refractivity contribution in [3.8, 4) is 17.2 Å². The second kappa shape index (κ2) is 11.3. The van der Waals surface area contributed by atoms with Crippen LogP contribution in [0, 0.1) is 0 Å². The number of nitrogens with one attached hydrogen (secondary N) is 2. The van der Waals surface area contributed by atoms with Gasteiger partial charge in [-0.15, -0.1) is 0 Å². The Kier molecular flexibility index (Phi) is 8.50. The maximum Gasteiger partial charge on any atom is 0.259 e. The second-order valence-corrected chi connectivity index (χ2v) is 5.75. The molecule has 0 spiro atoms. The highest BCUT2D eigenvalue weighted by Gasteiger charge is 2.12. The minimum absolute atomic E-state index is 0.221. The second-order valence-electron chi connectivity index (χ2n) is 5.75. The maximum atomic E-state index is 12.2. The van der Waals surface area contributed by atoms with E-state index in [0.717, 1.165) is 5.56 Å². The third-order valence-electron chi connectivity index (χ3n) is 3.73. The molecule has 154 valence electrons. The van der Waals surface area contributed by atoms with Crippen LogP contribution in [0.25, 0.3) is 0 Å². The lowest BCUT2D eigenvalue weighted by Crippen LogP contribution is -2.35. The van der Waals surface area contributed by atoms with Crippen molar-refractivity contribution in [2.45, 2.75) is 13.8 Å². The number of hydrogen-bond acceptors (Lipinski definition) is 6. The number of amides is 2. The number of carbonyl (C=O) groups is 2. The number of hydrogen-bond donors (Lipinski definition) is 2. The SMILES string of the molecule is CCOc1ccc(C=NNC(=O)CNC(=O)c2ccccc2OC)cc1OCC. The number of benzene rings is 2. The van der Waals surface area contributed by atoms with E-state index in [1.54, 1.807) is 42.5 Å². The summed E-state index contributed by atoms with van der Waals surface area (Å²) in [7, 11) is 1.48.